The van der Waals surface area contributed by atoms with Gasteiger partial charge in [0.1, 0.15) is 5.75 Å². The number of aliphatic hydroxyl groups excluding tert-OH is 1. The molecule has 2 N–H and O–H groups in total. The third kappa shape index (κ3) is 6.04. The zero-order chi connectivity index (χ0) is 23.2. The van der Waals surface area contributed by atoms with E-state index in [0.717, 1.165) is 47.6 Å². The number of rotatable bonds is 9. The monoisotopic (exact) mass is 454 g/mol. The van der Waals surface area contributed by atoms with Crippen molar-refractivity contribution < 1.29 is 19.7 Å². The standard InChI is InChI=1S/C27H38N2O4/c1-33-21-8-9-25-23(17-21)22(11-14-28-25)26(30)10-7-20-13-16-29(18-24(20)27(31)32)15-12-19-5-3-2-4-6-19/h8-9,11,14,17,19-20,24,26,30H,2-7,10,12-13,15-16,18H2,1H3,(H,31,32)/t20-,24+,26-/m1/s1. The Morgan fingerprint density at radius 3 is 2.76 bits per heavy atom. The summed E-state index contributed by atoms with van der Waals surface area (Å²) in [6, 6.07) is 7.53. The van der Waals surface area contributed by atoms with Crippen LogP contribution in [0.1, 0.15) is 69.5 Å². The van der Waals surface area contributed by atoms with Gasteiger partial charge in [-0.2, -0.15) is 0 Å². The topological polar surface area (TPSA) is 82.9 Å². The number of methoxy groups -OCH3 is 1. The Kier molecular flexibility index (Phi) is 8.20. The lowest BCUT2D eigenvalue weighted by atomic mass is 9.80. The van der Waals surface area contributed by atoms with Gasteiger partial charge < -0.3 is 19.8 Å². The summed E-state index contributed by atoms with van der Waals surface area (Å²) < 4.78 is 5.34. The Balaban J connectivity index is 1.34. The van der Waals surface area contributed by atoms with Crippen LogP contribution in [0.5, 0.6) is 5.75 Å². The van der Waals surface area contributed by atoms with Crippen molar-refractivity contribution in [3.8, 4) is 5.75 Å². The zero-order valence-electron chi connectivity index (χ0n) is 19.8. The number of likely N-dealkylation sites (tertiary alicyclic amines) is 1. The van der Waals surface area contributed by atoms with Crippen LogP contribution in [-0.2, 0) is 4.79 Å². The van der Waals surface area contributed by atoms with Gasteiger partial charge in [0.15, 0.2) is 0 Å². The molecule has 2 aliphatic rings. The van der Waals surface area contributed by atoms with Gasteiger partial charge in [0.2, 0.25) is 0 Å². The number of carbonyl (C=O) groups is 1. The number of nitrogens with zero attached hydrogens (tertiary/aromatic N) is 2. The minimum Gasteiger partial charge on any atom is -0.497 e. The smallest absolute Gasteiger partial charge is 0.308 e. The number of benzene rings is 1. The maximum Gasteiger partial charge on any atom is 0.308 e. The van der Waals surface area contributed by atoms with Gasteiger partial charge in [0.25, 0.3) is 0 Å². The molecule has 0 unspecified atom stereocenters. The van der Waals surface area contributed by atoms with Crippen molar-refractivity contribution in [1.29, 1.82) is 0 Å². The molecule has 1 aliphatic carbocycles. The van der Waals surface area contributed by atoms with Crippen LogP contribution in [-0.4, -0.2) is 52.8 Å². The maximum absolute atomic E-state index is 12.1. The van der Waals surface area contributed by atoms with E-state index >= 15 is 0 Å². The highest BCUT2D eigenvalue weighted by Gasteiger charge is 2.34. The van der Waals surface area contributed by atoms with E-state index in [4.69, 9.17) is 4.74 Å². The molecule has 1 saturated heterocycles. The number of carboxylic acids is 1. The molecule has 1 aliphatic heterocycles. The van der Waals surface area contributed by atoms with Gasteiger partial charge in [0, 0.05) is 18.1 Å². The summed E-state index contributed by atoms with van der Waals surface area (Å²) in [5, 5.41) is 21.8. The fourth-order valence-corrected chi connectivity index (χ4v) is 5.83. The molecule has 2 heterocycles. The molecule has 2 aromatic rings. The summed E-state index contributed by atoms with van der Waals surface area (Å²) in [4.78, 5) is 18.8. The first-order valence-corrected chi connectivity index (χ1v) is 12.6. The first kappa shape index (κ1) is 24.0. The number of carboxylic acid groups (broad SMARTS) is 1. The van der Waals surface area contributed by atoms with E-state index in [-0.39, 0.29) is 11.8 Å². The first-order valence-electron chi connectivity index (χ1n) is 12.6. The molecule has 0 bridgehead atoms. The first-order chi connectivity index (χ1) is 16.0. The summed E-state index contributed by atoms with van der Waals surface area (Å²) in [7, 11) is 1.63. The van der Waals surface area contributed by atoms with Crippen LogP contribution in [0, 0.1) is 17.8 Å². The van der Waals surface area contributed by atoms with E-state index in [1.807, 2.05) is 24.3 Å². The molecule has 1 aromatic carbocycles. The highest BCUT2D eigenvalue weighted by Crippen LogP contribution is 2.34. The second kappa shape index (κ2) is 11.3. The number of ether oxygens (including phenoxy) is 1. The minimum atomic E-state index is -0.698. The fraction of sp³-hybridized carbons (Fsp3) is 0.630. The van der Waals surface area contributed by atoms with Gasteiger partial charge in [-0.15, -0.1) is 0 Å². The van der Waals surface area contributed by atoms with E-state index in [0.29, 0.717) is 19.4 Å². The van der Waals surface area contributed by atoms with E-state index in [1.54, 1.807) is 13.3 Å². The Morgan fingerprint density at radius 1 is 1.18 bits per heavy atom. The van der Waals surface area contributed by atoms with Crippen LogP contribution in [0.25, 0.3) is 10.9 Å². The summed E-state index contributed by atoms with van der Waals surface area (Å²) in [5.74, 6) is 0.604. The molecule has 180 valence electrons. The van der Waals surface area contributed by atoms with Gasteiger partial charge in [-0.25, -0.2) is 0 Å². The SMILES string of the molecule is COc1ccc2nccc([C@H](O)CC[C@@H]3CCN(CCC4CCCCC4)C[C@@H]3C(=O)O)c2c1. The van der Waals surface area contributed by atoms with Gasteiger partial charge in [-0.05, 0) is 80.4 Å². The number of hydrogen-bond acceptors (Lipinski definition) is 5. The molecule has 1 saturated carbocycles. The molecule has 0 spiro atoms. The number of aromatic nitrogens is 1. The van der Waals surface area contributed by atoms with Crippen LogP contribution in [0.15, 0.2) is 30.5 Å². The summed E-state index contributed by atoms with van der Waals surface area (Å²) in [6.07, 6.45) is 11.2. The second-order valence-electron chi connectivity index (χ2n) is 9.96. The van der Waals surface area contributed by atoms with Gasteiger partial charge >= 0.3 is 5.97 Å². The molecule has 6 heteroatoms. The lowest BCUT2D eigenvalue weighted by Crippen LogP contribution is -2.44. The van der Waals surface area contributed by atoms with E-state index in [1.165, 1.54) is 38.5 Å². The molecule has 0 radical (unpaired) electrons. The number of pyridine rings is 1. The van der Waals surface area contributed by atoms with Crippen molar-refractivity contribution in [2.45, 2.75) is 63.9 Å². The minimum absolute atomic E-state index is 0.103. The fourth-order valence-electron chi connectivity index (χ4n) is 5.83. The summed E-state index contributed by atoms with van der Waals surface area (Å²) in [5.41, 5.74) is 1.65. The van der Waals surface area contributed by atoms with E-state index in [2.05, 4.69) is 9.88 Å². The predicted molar refractivity (Wildman–Crippen MR) is 129 cm³/mol. The Hall–Kier alpha value is -2.18. The predicted octanol–water partition coefficient (Wildman–Crippen LogP) is 5.05. The quantitative estimate of drug-likeness (QED) is 0.552. The highest BCUT2D eigenvalue weighted by molar-refractivity contribution is 5.83. The van der Waals surface area contributed by atoms with E-state index < -0.39 is 12.1 Å². The number of aliphatic hydroxyl groups is 1. The van der Waals surface area contributed by atoms with Gasteiger partial charge in [0.05, 0.1) is 24.6 Å². The molecule has 33 heavy (non-hydrogen) atoms. The molecule has 6 nitrogen and oxygen atoms in total. The lowest BCUT2D eigenvalue weighted by molar-refractivity contribution is -0.146. The van der Waals surface area contributed by atoms with Crippen molar-refractivity contribution in [2.75, 3.05) is 26.7 Å². The van der Waals surface area contributed by atoms with Crippen molar-refractivity contribution in [1.82, 2.24) is 9.88 Å². The maximum atomic E-state index is 12.1. The lowest BCUT2D eigenvalue weighted by Gasteiger charge is -2.37. The molecule has 3 atom stereocenters. The van der Waals surface area contributed by atoms with Crippen LogP contribution in [0.2, 0.25) is 0 Å². The number of hydrogen-bond donors (Lipinski definition) is 2. The normalized spacial score (nSPS) is 23.5. The Bertz CT molecular complexity index is 927. The van der Waals surface area contributed by atoms with Gasteiger partial charge in [-0.3, -0.25) is 9.78 Å². The third-order valence-electron chi connectivity index (χ3n) is 7.89. The second-order valence-corrected chi connectivity index (χ2v) is 9.96. The third-order valence-corrected chi connectivity index (χ3v) is 7.89. The number of aliphatic carboxylic acids is 1. The van der Waals surface area contributed by atoms with Crippen molar-refractivity contribution in [2.24, 2.45) is 17.8 Å². The molecule has 2 fully saturated rings. The number of fused-ring (bicyclic) bond motifs is 1. The van der Waals surface area contributed by atoms with Crippen molar-refractivity contribution in [3.63, 3.8) is 0 Å². The van der Waals surface area contributed by atoms with Crippen molar-refractivity contribution in [3.05, 3.63) is 36.0 Å². The molecule has 4 rings (SSSR count). The Labute approximate surface area is 197 Å². The molecular formula is C27H38N2O4. The van der Waals surface area contributed by atoms with Crippen molar-refractivity contribution >= 4 is 16.9 Å². The largest absolute Gasteiger partial charge is 0.497 e. The van der Waals surface area contributed by atoms with Crippen LogP contribution >= 0.6 is 0 Å². The average Bonchev–Trinajstić information content (AvgIpc) is 2.86. The molecule has 1 aromatic heterocycles. The summed E-state index contributed by atoms with van der Waals surface area (Å²) in [6.45, 7) is 2.62. The zero-order valence-corrected chi connectivity index (χ0v) is 19.8. The number of piperidine rings is 1. The van der Waals surface area contributed by atoms with Crippen LogP contribution < -0.4 is 4.74 Å². The molecule has 0 amide bonds. The highest BCUT2D eigenvalue weighted by atomic mass is 16.5. The average molecular weight is 455 g/mol. The van der Waals surface area contributed by atoms with Gasteiger partial charge in [-0.1, -0.05) is 32.1 Å². The molecular weight excluding hydrogens is 416 g/mol. The van der Waals surface area contributed by atoms with Crippen LogP contribution in [0.4, 0.5) is 0 Å². The van der Waals surface area contributed by atoms with Crippen LogP contribution in [0.3, 0.4) is 0 Å². The summed E-state index contributed by atoms with van der Waals surface area (Å²) >= 11 is 0. The van der Waals surface area contributed by atoms with E-state index in [9.17, 15) is 15.0 Å². The Morgan fingerprint density at radius 2 is 2.00 bits per heavy atom.